The van der Waals surface area contributed by atoms with Crippen LogP contribution in [-0.2, 0) is 9.59 Å². The highest BCUT2D eigenvalue weighted by Crippen LogP contribution is 2.28. The van der Waals surface area contributed by atoms with Crippen LogP contribution in [0.4, 0.5) is 11.4 Å². The number of carbonyl (C=O) groups is 2. The van der Waals surface area contributed by atoms with Gasteiger partial charge in [0.1, 0.15) is 0 Å². The smallest absolute Gasteiger partial charge is 0.262 e. The average molecular weight is 368 g/mol. The summed E-state index contributed by atoms with van der Waals surface area (Å²) in [6, 6.07) is 12.8. The summed E-state index contributed by atoms with van der Waals surface area (Å²) < 4.78 is 10.8. The van der Waals surface area contributed by atoms with Crippen molar-refractivity contribution in [3.05, 3.63) is 48.0 Å². The third-order valence-electron chi connectivity index (χ3n) is 4.53. The standard InChI is InChI=1S/C21H24N2O4/c1-15-10-11-16(13-17(15)23-12-6-5-9-21(23)25)22-20(24)14-27-19-8-4-3-7-18(19)26-2/h3-4,7-8,10-11,13H,5-6,9,12,14H2,1-2H3,(H,22,24). The zero-order chi connectivity index (χ0) is 19.2. The Kier molecular flexibility index (Phi) is 5.96. The van der Waals surface area contributed by atoms with Crippen LogP contribution < -0.4 is 19.7 Å². The van der Waals surface area contributed by atoms with Crippen molar-refractivity contribution in [2.75, 3.05) is 30.5 Å². The van der Waals surface area contributed by atoms with Crippen LogP contribution in [0.5, 0.6) is 11.5 Å². The summed E-state index contributed by atoms with van der Waals surface area (Å²) in [5, 5.41) is 2.83. The molecular formula is C21H24N2O4. The van der Waals surface area contributed by atoms with Crippen molar-refractivity contribution in [3.8, 4) is 11.5 Å². The molecule has 1 aliphatic rings. The molecule has 0 unspecified atom stereocenters. The lowest BCUT2D eigenvalue weighted by Crippen LogP contribution is -2.35. The van der Waals surface area contributed by atoms with E-state index >= 15 is 0 Å². The number of nitrogens with one attached hydrogen (secondary N) is 1. The van der Waals surface area contributed by atoms with E-state index in [0.717, 1.165) is 24.1 Å². The van der Waals surface area contributed by atoms with Gasteiger partial charge < -0.3 is 19.7 Å². The highest BCUT2D eigenvalue weighted by atomic mass is 16.5. The Hall–Kier alpha value is -3.02. The van der Waals surface area contributed by atoms with Crippen LogP contribution in [0, 0.1) is 6.92 Å². The second-order valence-electron chi connectivity index (χ2n) is 6.49. The van der Waals surface area contributed by atoms with Crippen molar-refractivity contribution in [1.29, 1.82) is 0 Å². The van der Waals surface area contributed by atoms with Crippen LogP contribution in [0.1, 0.15) is 24.8 Å². The van der Waals surface area contributed by atoms with Gasteiger partial charge >= 0.3 is 0 Å². The van der Waals surface area contributed by atoms with E-state index in [2.05, 4.69) is 5.32 Å². The van der Waals surface area contributed by atoms with Gasteiger partial charge in [-0.15, -0.1) is 0 Å². The maximum absolute atomic E-state index is 12.3. The van der Waals surface area contributed by atoms with Crippen LogP contribution in [0.15, 0.2) is 42.5 Å². The largest absolute Gasteiger partial charge is 0.493 e. The lowest BCUT2D eigenvalue weighted by molar-refractivity contribution is -0.119. The third kappa shape index (κ3) is 4.58. The normalized spacial score (nSPS) is 14.0. The lowest BCUT2D eigenvalue weighted by Gasteiger charge is -2.28. The van der Waals surface area contributed by atoms with Gasteiger partial charge in [0, 0.05) is 24.3 Å². The third-order valence-corrected chi connectivity index (χ3v) is 4.53. The molecule has 142 valence electrons. The Bertz CT molecular complexity index is 835. The first-order valence-corrected chi connectivity index (χ1v) is 9.05. The molecule has 6 nitrogen and oxygen atoms in total. The molecule has 1 fully saturated rings. The summed E-state index contributed by atoms with van der Waals surface area (Å²) in [5.74, 6) is 0.943. The summed E-state index contributed by atoms with van der Waals surface area (Å²) >= 11 is 0. The predicted octanol–water partition coefficient (Wildman–Crippen LogP) is 3.54. The van der Waals surface area contributed by atoms with Crippen molar-refractivity contribution in [2.24, 2.45) is 0 Å². The average Bonchev–Trinajstić information content (AvgIpc) is 2.68. The molecule has 1 aliphatic heterocycles. The molecule has 27 heavy (non-hydrogen) atoms. The summed E-state index contributed by atoms with van der Waals surface area (Å²) in [7, 11) is 1.55. The Labute approximate surface area is 159 Å². The first-order valence-electron chi connectivity index (χ1n) is 9.05. The fraction of sp³-hybridized carbons (Fsp3) is 0.333. The van der Waals surface area contributed by atoms with Gasteiger partial charge in [0.15, 0.2) is 18.1 Å². The highest BCUT2D eigenvalue weighted by molar-refractivity contribution is 5.97. The number of aryl methyl sites for hydroxylation is 1. The number of hydrogen-bond acceptors (Lipinski definition) is 4. The molecule has 0 bridgehead atoms. The highest BCUT2D eigenvalue weighted by Gasteiger charge is 2.21. The van der Waals surface area contributed by atoms with Gasteiger partial charge in [0.2, 0.25) is 5.91 Å². The first-order chi connectivity index (χ1) is 13.1. The van der Waals surface area contributed by atoms with Gasteiger partial charge in [-0.3, -0.25) is 9.59 Å². The first kappa shape index (κ1) is 18.8. The van der Waals surface area contributed by atoms with Crippen molar-refractivity contribution in [3.63, 3.8) is 0 Å². The number of benzene rings is 2. The van der Waals surface area contributed by atoms with Crippen LogP contribution in [0.3, 0.4) is 0 Å². The molecule has 6 heteroatoms. The van der Waals surface area contributed by atoms with E-state index < -0.39 is 0 Å². The van der Waals surface area contributed by atoms with Crippen molar-refractivity contribution < 1.29 is 19.1 Å². The quantitative estimate of drug-likeness (QED) is 0.847. The van der Waals surface area contributed by atoms with E-state index in [1.54, 1.807) is 24.1 Å². The Morgan fingerprint density at radius 3 is 2.67 bits per heavy atom. The van der Waals surface area contributed by atoms with Crippen molar-refractivity contribution in [1.82, 2.24) is 0 Å². The molecule has 1 N–H and O–H groups in total. The van der Waals surface area contributed by atoms with E-state index in [9.17, 15) is 9.59 Å². The monoisotopic (exact) mass is 368 g/mol. The minimum Gasteiger partial charge on any atom is -0.493 e. The Morgan fingerprint density at radius 1 is 1.15 bits per heavy atom. The SMILES string of the molecule is COc1ccccc1OCC(=O)Nc1ccc(C)c(N2CCCCC2=O)c1. The molecule has 0 radical (unpaired) electrons. The van der Waals surface area contributed by atoms with E-state index in [4.69, 9.17) is 9.47 Å². The van der Waals surface area contributed by atoms with E-state index in [1.807, 2.05) is 37.3 Å². The summed E-state index contributed by atoms with van der Waals surface area (Å²) in [5.41, 5.74) is 2.50. The molecule has 2 amide bonds. The molecule has 0 aliphatic carbocycles. The topological polar surface area (TPSA) is 67.9 Å². The van der Waals surface area contributed by atoms with Gasteiger partial charge in [-0.25, -0.2) is 0 Å². The number of hydrogen-bond donors (Lipinski definition) is 1. The van der Waals surface area contributed by atoms with Gasteiger partial charge in [-0.1, -0.05) is 18.2 Å². The molecule has 3 rings (SSSR count). The second-order valence-corrected chi connectivity index (χ2v) is 6.49. The van der Waals surface area contributed by atoms with Crippen molar-refractivity contribution >= 4 is 23.2 Å². The Balaban J connectivity index is 1.65. The number of para-hydroxylation sites is 2. The molecule has 2 aromatic rings. The minimum atomic E-state index is -0.277. The van der Waals surface area contributed by atoms with E-state index in [0.29, 0.717) is 30.2 Å². The lowest BCUT2D eigenvalue weighted by atomic mass is 10.1. The molecule has 1 saturated heterocycles. The molecule has 1 heterocycles. The minimum absolute atomic E-state index is 0.132. The van der Waals surface area contributed by atoms with Crippen LogP contribution in [0.25, 0.3) is 0 Å². The predicted molar refractivity (Wildman–Crippen MR) is 105 cm³/mol. The zero-order valence-electron chi connectivity index (χ0n) is 15.7. The Morgan fingerprint density at radius 2 is 1.93 bits per heavy atom. The summed E-state index contributed by atoms with van der Waals surface area (Å²) in [4.78, 5) is 26.3. The summed E-state index contributed by atoms with van der Waals surface area (Å²) in [6.07, 6.45) is 2.50. The van der Waals surface area contributed by atoms with Gasteiger partial charge in [0.05, 0.1) is 7.11 Å². The fourth-order valence-corrected chi connectivity index (χ4v) is 3.12. The zero-order valence-corrected chi connectivity index (χ0v) is 15.7. The fourth-order valence-electron chi connectivity index (χ4n) is 3.12. The number of amides is 2. The number of nitrogens with zero attached hydrogens (tertiary/aromatic N) is 1. The van der Waals surface area contributed by atoms with Gasteiger partial charge in [-0.2, -0.15) is 0 Å². The number of anilines is 2. The van der Waals surface area contributed by atoms with Crippen LogP contribution in [0.2, 0.25) is 0 Å². The van der Waals surface area contributed by atoms with Crippen LogP contribution in [-0.4, -0.2) is 32.1 Å². The number of rotatable bonds is 6. The van der Waals surface area contributed by atoms with Gasteiger partial charge in [0.25, 0.3) is 5.91 Å². The molecular weight excluding hydrogens is 344 g/mol. The molecule has 2 aromatic carbocycles. The van der Waals surface area contributed by atoms with E-state index in [-0.39, 0.29) is 18.4 Å². The van der Waals surface area contributed by atoms with E-state index in [1.165, 1.54) is 0 Å². The van der Waals surface area contributed by atoms with Crippen LogP contribution >= 0.6 is 0 Å². The maximum Gasteiger partial charge on any atom is 0.262 e. The number of ether oxygens (including phenoxy) is 2. The van der Waals surface area contributed by atoms with Crippen molar-refractivity contribution in [2.45, 2.75) is 26.2 Å². The number of piperidine rings is 1. The summed E-state index contributed by atoms with van der Waals surface area (Å²) in [6.45, 7) is 2.55. The van der Waals surface area contributed by atoms with Gasteiger partial charge in [-0.05, 0) is 49.6 Å². The maximum atomic E-state index is 12.3. The molecule has 0 atom stereocenters. The molecule has 0 aromatic heterocycles. The number of methoxy groups -OCH3 is 1. The molecule has 0 saturated carbocycles. The molecule has 0 spiro atoms. The number of carbonyl (C=O) groups excluding carboxylic acids is 2. The second kappa shape index (κ2) is 8.58.